The van der Waals surface area contributed by atoms with Crippen LogP contribution in [0.2, 0.25) is 5.02 Å². The molecular formula is C31H40Cl2N2O4. The van der Waals surface area contributed by atoms with E-state index in [1.807, 2.05) is 42.2 Å². The Balaban J connectivity index is 1.78. The third-order valence-corrected chi connectivity index (χ3v) is 9.06. The first-order valence-corrected chi connectivity index (χ1v) is 14.7. The van der Waals surface area contributed by atoms with Gasteiger partial charge in [0.25, 0.3) is 0 Å². The smallest absolute Gasteiger partial charge is 0.304 e. The molecule has 212 valence electrons. The molecule has 0 aromatic heterocycles. The van der Waals surface area contributed by atoms with Gasteiger partial charge in [0.1, 0.15) is 0 Å². The van der Waals surface area contributed by atoms with Gasteiger partial charge in [-0.2, -0.15) is 0 Å². The average molecular weight is 576 g/mol. The summed E-state index contributed by atoms with van der Waals surface area (Å²) in [6, 6.07) is 7.15. The third kappa shape index (κ3) is 6.79. The Morgan fingerprint density at radius 2 is 1.97 bits per heavy atom. The van der Waals surface area contributed by atoms with Gasteiger partial charge < -0.3 is 14.7 Å². The van der Waals surface area contributed by atoms with Crippen molar-refractivity contribution < 1.29 is 19.4 Å². The van der Waals surface area contributed by atoms with E-state index >= 15 is 0 Å². The minimum absolute atomic E-state index is 0.127. The fraction of sp³-hybridized carbons (Fsp3) is 0.548. The number of fused-ring (bicyclic) bond motifs is 2. The second-order valence-electron chi connectivity index (χ2n) is 11.5. The predicted molar refractivity (Wildman–Crippen MR) is 156 cm³/mol. The third-order valence-electron chi connectivity index (χ3n) is 8.49. The first-order chi connectivity index (χ1) is 18.5. The molecule has 1 aromatic rings. The fourth-order valence-corrected chi connectivity index (χ4v) is 6.87. The van der Waals surface area contributed by atoms with Crippen molar-refractivity contribution >= 4 is 35.1 Å². The zero-order valence-electron chi connectivity index (χ0n) is 23.1. The highest BCUT2D eigenvalue weighted by atomic mass is 35.5. The van der Waals surface area contributed by atoms with Crippen LogP contribution in [-0.4, -0.2) is 70.7 Å². The zero-order chi connectivity index (χ0) is 28.3. The molecule has 0 spiro atoms. The number of carboxylic acids is 1. The highest BCUT2D eigenvalue weighted by Crippen LogP contribution is 2.48. The van der Waals surface area contributed by atoms with Gasteiger partial charge in [-0.1, -0.05) is 67.9 Å². The number of carbonyl (C=O) groups excluding carboxylic acids is 1. The number of carboxylic acid groups (broad SMARTS) is 1. The van der Waals surface area contributed by atoms with E-state index in [0.29, 0.717) is 23.0 Å². The molecule has 1 aromatic carbocycles. The fourth-order valence-electron chi connectivity index (χ4n) is 6.61. The molecule has 6 nitrogen and oxygen atoms in total. The summed E-state index contributed by atoms with van der Waals surface area (Å²) in [6.07, 6.45) is 8.98. The number of carbonyl (C=O) groups is 2. The number of nitrogens with zero attached hydrogens (tertiary/aromatic N) is 2. The van der Waals surface area contributed by atoms with Crippen LogP contribution in [0, 0.1) is 5.41 Å². The van der Waals surface area contributed by atoms with Crippen LogP contribution < -0.4 is 0 Å². The molecule has 1 N–H and O–H groups in total. The number of rotatable bonds is 10. The summed E-state index contributed by atoms with van der Waals surface area (Å²) >= 11 is 12.7. The number of benzene rings is 1. The number of halogens is 2. The predicted octanol–water partition coefficient (Wildman–Crippen LogP) is 6.40. The SMILES string of the molecule is C=C(/C=C\C(Cl)=C/C)[C@@H]1[C@@H](c2cccc(Cl)c2)C[C@](C)(CC(=O)O)C(=O)N1[C@@H](CC)CN1CC2CCC(C1)O2. The lowest BCUT2D eigenvalue weighted by Crippen LogP contribution is -2.62. The topological polar surface area (TPSA) is 70.1 Å². The van der Waals surface area contributed by atoms with Crippen molar-refractivity contribution in [2.45, 2.75) is 83.1 Å². The Morgan fingerprint density at radius 3 is 2.56 bits per heavy atom. The Kier molecular flexibility index (Phi) is 9.64. The lowest BCUT2D eigenvalue weighted by atomic mass is 9.67. The van der Waals surface area contributed by atoms with Crippen molar-refractivity contribution in [2.24, 2.45) is 5.41 Å². The molecule has 0 radical (unpaired) electrons. The van der Waals surface area contributed by atoms with Gasteiger partial charge in [0.15, 0.2) is 0 Å². The summed E-state index contributed by atoms with van der Waals surface area (Å²) in [5, 5.41) is 11.0. The van der Waals surface area contributed by atoms with Gasteiger partial charge in [-0.25, -0.2) is 0 Å². The summed E-state index contributed by atoms with van der Waals surface area (Å²) in [5.74, 6) is -1.31. The minimum atomic E-state index is -1.07. The second-order valence-corrected chi connectivity index (χ2v) is 12.3. The number of morpholine rings is 1. The molecule has 4 rings (SSSR count). The maximum Gasteiger partial charge on any atom is 0.304 e. The van der Waals surface area contributed by atoms with Crippen LogP contribution in [0.1, 0.15) is 64.4 Å². The highest BCUT2D eigenvalue weighted by molar-refractivity contribution is 6.31. The molecule has 3 aliphatic heterocycles. The maximum absolute atomic E-state index is 14.4. The number of allylic oxidation sites excluding steroid dienone is 3. The number of amides is 1. The first-order valence-electron chi connectivity index (χ1n) is 13.9. The van der Waals surface area contributed by atoms with Crippen molar-refractivity contribution in [1.82, 2.24) is 9.80 Å². The van der Waals surface area contributed by atoms with Gasteiger partial charge in [-0.15, -0.1) is 0 Å². The summed E-state index contributed by atoms with van der Waals surface area (Å²) in [5.41, 5.74) is 0.649. The highest BCUT2D eigenvalue weighted by Gasteiger charge is 2.52. The van der Waals surface area contributed by atoms with E-state index in [1.54, 1.807) is 19.1 Å². The lowest BCUT2D eigenvalue weighted by molar-refractivity contribution is -0.159. The van der Waals surface area contributed by atoms with Gasteiger partial charge in [-0.05, 0) is 62.0 Å². The number of aliphatic carboxylic acids is 1. The molecule has 0 aliphatic carbocycles. The van der Waals surface area contributed by atoms with Crippen LogP contribution in [0.3, 0.4) is 0 Å². The van der Waals surface area contributed by atoms with Gasteiger partial charge in [0, 0.05) is 41.6 Å². The maximum atomic E-state index is 14.4. The Bertz CT molecular complexity index is 1140. The van der Waals surface area contributed by atoms with Gasteiger partial charge >= 0.3 is 5.97 Å². The van der Waals surface area contributed by atoms with Crippen LogP contribution in [0.15, 0.2) is 59.7 Å². The molecule has 3 heterocycles. The van der Waals surface area contributed by atoms with Crippen LogP contribution >= 0.6 is 23.2 Å². The summed E-state index contributed by atoms with van der Waals surface area (Å²) in [6.45, 7) is 12.6. The van der Waals surface area contributed by atoms with Crippen molar-refractivity contribution in [3.05, 3.63) is 70.3 Å². The van der Waals surface area contributed by atoms with E-state index in [0.717, 1.165) is 43.5 Å². The molecule has 3 saturated heterocycles. The standard InChI is InChI=1S/C31H40Cl2N2O4/c1-5-22(32)11-10-20(3)29-27(21-8-7-9-23(33)14-21)15-31(4,16-28(36)37)30(38)35(29)24(6-2)17-34-18-25-12-13-26(19-34)39-25/h5,7-11,14,24-27,29H,3,6,12-13,15-19H2,1-2,4H3,(H,36,37)/b11-10-,22-5+/t24-,25?,26?,27+,29+,31+/m0/s1. The molecular weight excluding hydrogens is 535 g/mol. The second kappa shape index (κ2) is 12.6. The van der Waals surface area contributed by atoms with E-state index in [-0.39, 0.29) is 42.5 Å². The molecule has 39 heavy (non-hydrogen) atoms. The van der Waals surface area contributed by atoms with Crippen molar-refractivity contribution in [1.29, 1.82) is 0 Å². The largest absolute Gasteiger partial charge is 0.481 e. The number of likely N-dealkylation sites (tertiary alicyclic amines) is 2. The van der Waals surface area contributed by atoms with E-state index in [9.17, 15) is 14.7 Å². The Labute approximate surface area is 242 Å². The number of hydrogen-bond acceptors (Lipinski definition) is 4. The molecule has 3 aliphatic rings. The van der Waals surface area contributed by atoms with Crippen molar-refractivity contribution in [2.75, 3.05) is 19.6 Å². The molecule has 0 saturated carbocycles. The summed E-state index contributed by atoms with van der Waals surface area (Å²) in [4.78, 5) is 30.8. The monoisotopic (exact) mass is 574 g/mol. The van der Waals surface area contributed by atoms with E-state index in [2.05, 4.69) is 18.4 Å². The van der Waals surface area contributed by atoms with Gasteiger partial charge in [0.05, 0.1) is 30.1 Å². The first kappa shape index (κ1) is 29.9. The van der Waals surface area contributed by atoms with E-state index in [1.165, 1.54) is 0 Å². The average Bonchev–Trinajstić information content (AvgIpc) is 3.24. The van der Waals surface area contributed by atoms with Gasteiger partial charge in [-0.3, -0.25) is 14.5 Å². The number of hydrogen-bond donors (Lipinski definition) is 1. The van der Waals surface area contributed by atoms with Crippen LogP contribution in [0.5, 0.6) is 0 Å². The minimum Gasteiger partial charge on any atom is -0.481 e. The summed E-state index contributed by atoms with van der Waals surface area (Å²) in [7, 11) is 0. The van der Waals surface area contributed by atoms with Crippen LogP contribution in [-0.2, 0) is 14.3 Å². The van der Waals surface area contributed by atoms with Crippen molar-refractivity contribution in [3.63, 3.8) is 0 Å². The molecule has 6 atom stereocenters. The molecule has 2 unspecified atom stereocenters. The van der Waals surface area contributed by atoms with E-state index < -0.39 is 11.4 Å². The van der Waals surface area contributed by atoms with E-state index in [4.69, 9.17) is 27.9 Å². The summed E-state index contributed by atoms with van der Waals surface area (Å²) < 4.78 is 6.06. The van der Waals surface area contributed by atoms with Crippen LogP contribution in [0.4, 0.5) is 0 Å². The Morgan fingerprint density at radius 1 is 1.28 bits per heavy atom. The number of piperidine rings is 1. The Hall–Kier alpha value is -2.12. The zero-order valence-corrected chi connectivity index (χ0v) is 24.6. The molecule has 1 amide bonds. The quantitative estimate of drug-likeness (QED) is 0.327. The van der Waals surface area contributed by atoms with Crippen molar-refractivity contribution in [3.8, 4) is 0 Å². The van der Waals surface area contributed by atoms with Gasteiger partial charge in [0.2, 0.25) is 5.91 Å². The molecule has 2 bridgehead atoms. The molecule has 3 fully saturated rings. The lowest BCUT2D eigenvalue weighted by Gasteiger charge is -2.52. The normalized spacial score (nSPS) is 30.6. The number of ether oxygens (including phenoxy) is 1. The van der Waals surface area contributed by atoms with Crippen LogP contribution in [0.25, 0.3) is 0 Å². The molecule has 8 heteroatoms.